The zero-order chi connectivity index (χ0) is 19.7. The lowest BCUT2D eigenvalue weighted by molar-refractivity contribution is -0.120. The first-order chi connectivity index (χ1) is 12.4. The lowest BCUT2D eigenvalue weighted by atomic mass is 10.3. The van der Waals surface area contributed by atoms with Gasteiger partial charge in [0.1, 0.15) is 6.54 Å². The standard InChI is InChI=1S/C16H23N5O5/c1-4-7-8-17-13(23)18-12(22)11-21-15(25)19(9-5-2)14(24)20(10-6-3)16(21)26/h5-6H,2-4,7-11H2,1H3,(H2,17,18,22,23). The van der Waals surface area contributed by atoms with Crippen LogP contribution in [0.2, 0.25) is 0 Å². The highest BCUT2D eigenvalue weighted by atomic mass is 16.2. The van der Waals surface area contributed by atoms with E-state index in [-0.39, 0.29) is 13.1 Å². The summed E-state index contributed by atoms with van der Waals surface area (Å²) < 4.78 is 2.13. The van der Waals surface area contributed by atoms with Gasteiger partial charge in [0.2, 0.25) is 5.91 Å². The zero-order valence-electron chi connectivity index (χ0n) is 14.7. The molecule has 142 valence electrons. The van der Waals surface area contributed by atoms with Crippen LogP contribution >= 0.6 is 0 Å². The van der Waals surface area contributed by atoms with Gasteiger partial charge >= 0.3 is 23.1 Å². The summed E-state index contributed by atoms with van der Waals surface area (Å²) in [6, 6.07) is -0.720. The Morgan fingerprint density at radius 2 is 1.46 bits per heavy atom. The molecule has 0 atom stereocenters. The van der Waals surface area contributed by atoms with E-state index in [0.29, 0.717) is 11.1 Å². The number of carbonyl (C=O) groups is 2. The van der Waals surface area contributed by atoms with Crippen molar-refractivity contribution < 1.29 is 9.59 Å². The molecular formula is C16H23N5O5. The highest BCUT2D eigenvalue weighted by Crippen LogP contribution is 1.83. The summed E-state index contributed by atoms with van der Waals surface area (Å²) in [7, 11) is 0. The molecule has 1 aromatic rings. The van der Waals surface area contributed by atoms with E-state index in [0.717, 1.165) is 22.0 Å². The summed E-state index contributed by atoms with van der Waals surface area (Å²) in [5.41, 5.74) is -2.74. The molecule has 2 N–H and O–H groups in total. The maximum atomic E-state index is 12.3. The number of allylic oxidation sites excluding steroid dienone is 2. The summed E-state index contributed by atoms with van der Waals surface area (Å²) in [6.07, 6.45) is 4.26. The Kier molecular flexibility index (Phi) is 8.00. The molecule has 1 heterocycles. The fourth-order valence-electron chi connectivity index (χ4n) is 2.12. The maximum Gasteiger partial charge on any atom is 0.337 e. The van der Waals surface area contributed by atoms with Gasteiger partial charge in [0.25, 0.3) is 0 Å². The molecule has 0 bridgehead atoms. The molecule has 0 aliphatic rings. The summed E-state index contributed by atoms with van der Waals surface area (Å²) >= 11 is 0. The molecule has 0 fully saturated rings. The Bertz CT molecular complexity index is 813. The van der Waals surface area contributed by atoms with Gasteiger partial charge in [0.15, 0.2) is 0 Å². The van der Waals surface area contributed by atoms with Crippen molar-refractivity contribution in [1.82, 2.24) is 24.3 Å². The Labute approximate surface area is 149 Å². The van der Waals surface area contributed by atoms with Crippen LogP contribution in [-0.4, -0.2) is 32.2 Å². The van der Waals surface area contributed by atoms with E-state index in [1.807, 2.05) is 12.2 Å². The Morgan fingerprint density at radius 3 is 1.92 bits per heavy atom. The summed E-state index contributed by atoms with van der Waals surface area (Å²) in [5.74, 6) is -0.854. The molecule has 26 heavy (non-hydrogen) atoms. The number of nitrogens with zero attached hydrogens (tertiary/aromatic N) is 3. The normalized spacial score (nSPS) is 10.2. The van der Waals surface area contributed by atoms with Crippen molar-refractivity contribution in [2.24, 2.45) is 0 Å². The van der Waals surface area contributed by atoms with E-state index in [1.54, 1.807) is 0 Å². The van der Waals surface area contributed by atoms with Crippen molar-refractivity contribution in [1.29, 1.82) is 0 Å². The number of nitrogens with one attached hydrogen (secondary N) is 2. The molecule has 0 spiro atoms. The van der Waals surface area contributed by atoms with Crippen molar-refractivity contribution in [3.63, 3.8) is 0 Å². The fraction of sp³-hybridized carbons (Fsp3) is 0.438. The van der Waals surface area contributed by atoms with Crippen LogP contribution in [0.1, 0.15) is 19.8 Å². The summed E-state index contributed by atoms with van der Waals surface area (Å²) in [4.78, 5) is 60.5. The molecule has 0 aliphatic carbocycles. The van der Waals surface area contributed by atoms with Crippen LogP contribution in [0.15, 0.2) is 39.7 Å². The van der Waals surface area contributed by atoms with E-state index >= 15 is 0 Å². The number of amides is 3. The van der Waals surface area contributed by atoms with E-state index in [4.69, 9.17) is 0 Å². The van der Waals surface area contributed by atoms with E-state index < -0.39 is 35.6 Å². The summed E-state index contributed by atoms with van der Waals surface area (Å²) in [6.45, 7) is 8.29. The van der Waals surface area contributed by atoms with E-state index in [9.17, 15) is 24.0 Å². The lowest BCUT2D eigenvalue weighted by Crippen LogP contribution is -2.56. The first-order valence-corrected chi connectivity index (χ1v) is 8.11. The second-order valence-corrected chi connectivity index (χ2v) is 5.39. The number of hydrogen-bond donors (Lipinski definition) is 2. The van der Waals surface area contributed by atoms with Crippen LogP contribution in [0.3, 0.4) is 0 Å². The molecule has 0 aliphatic heterocycles. The van der Waals surface area contributed by atoms with Crippen molar-refractivity contribution in [3.05, 3.63) is 56.8 Å². The third-order valence-corrected chi connectivity index (χ3v) is 3.38. The molecular weight excluding hydrogens is 342 g/mol. The fourth-order valence-corrected chi connectivity index (χ4v) is 2.12. The monoisotopic (exact) mass is 365 g/mol. The largest absolute Gasteiger partial charge is 0.338 e. The Morgan fingerprint density at radius 1 is 0.962 bits per heavy atom. The topological polar surface area (TPSA) is 124 Å². The first-order valence-electron chi connectivity index (χ1n) is 8.11. The Balaban J connectivity index is 3.13. The zero-order valence-corrected chi connectivity index (χ0v) is 14.7. The molecule has 0 saturated heterocycles. The number of imide groups is 1. The molecule has 3 amide bonds. The second-order valence-electron chi connectivity index (χ2n) is 5.39. The maximum absolute atomic E-state index is 12.3. The molecule has 1 rings (SSSR count). The van der Waals surface area contributed by atoms with Gasteiger partial charge < -0.3 is 5.32 Å². The number of unbranched alkanes of at least 4 members (excludes halogenated alkanes) is 1. The molecule has 0 saturated carbocycles. The van der Waals surface area contributed by atoms with Crippen LogP contribution in [-0.2, 0) is 24.4 Å². The van der Waals surface area contributed by atoms with Gasteiger partial charge in [-0.2, -0.15) is 0 Å². The average Bonchev–Trinajstić information content (AvgIpc) is 2.59. The van der Waals surface area contributed by atoms with Crippen molar-refractivity contribution in [2.75, 3.05) is 6.54 Å². The van der Waals surface area contributed by atoms with Crippen LogP contribution in [0.5, 0.6) is 0 Å². The van der Waals surface area contributed by atoms with Crippen LogP contribution in [0.25, 0.3) is 0 Å². The van der Waals surface area contributed by atoms with Crippen molar-refractivity contribution >= 4 is 11.9 Å². The number of urea groups is 1. The van der Waals surface area contributed by atoms with Gasteiger partial charge in [-0.3, -0.25) is 10.1 Å². The van der Waals surface area contributed by atoms with Gasteiger partial charge in [0, 0.05) is 6.54 Å². The summed E-state index contributed by atoms with van der Waals surface area (Å²) in [5, 5.41) is 4.51. The minimum Gasteiger partial charge on any atom is -0.338 e. The van der Waals surface area contributed by atoms with Gasteiger partial charge in [-0.1, -0.05) is 25.5 Å². The van der Waals surface area contributed by atoms with Crippen molar-refractivity contribution in [3.8, 4) is 0 Å². The van der Waals surface area contributed by atoms with Gasteiger partial charge in [-0.25, -0.2) is 32.9 Å². The molecule has 1 aromatic heterocycles. The minimum absolute atomic E-state index is 0.131. The third kappa shape index (κ3) is 5.16. The van der Waals surface area contributed by atoms with Crippen LogP contribution < -0.4 is 27.7 Å². The smallest absolute Gasteiger partial charge is 0.337 e. The van der Waals surface area contributed by atoms with Gasteiger partial charge in [0.05, 0.1) is 13.1 Å². The number of carbonyl (C=O) groups excluding carboxylic acids is 2. The van der Waals surface area contributed by atoms with Crippen molar-refractivity contribution in [2.45, 2.75) is 39.4 Å². The molecule has 10 nitrogen and oxygen atoms in total. The Hall–Kier alpha value is -3.17. The third-order valence-electron chi connectivity index (χ3n) is 3.38. The number of hydrogen-bond acceptors (Lipinski definition) is 5. The number of aromatic nitrogens is 3. The quantitative estimate of drug-likeness (QED) is 0.437. The number of rotatable bonds is 9. The predicted molar refractivity (Wildman–Crippen MR) is 96.1 cm³/mol. The molecule has 0 radical (unpaired) electrons. The first kappa shape index (κ1) is 20.9. The van der Waals surface area contributed by atoms with Gasteiger partial charge in [-0.05, 0) is 6.42 Å². The minimum atomic E-state index is -0.957. The van der Waals surface area contributed by atoms with Gasteiger partial charge in [-0.15, -0.1) is 13.2 Å². The highest BCUT2D eigenvalue weighted by Gasteiger charge is 2.17. The lowest BCUT2D eigenvalue weighted by Gasteiger charge is -2.12. The molecule has 0 unspecified atom stereocenters. The SMILES string of the molecule is C=CCn1c(=O)n(CC=C)c(=O)n(CC(=O)NC(=O)NCCCC)c1=O. The molecule has 10 heteroatoms. The van der Waals surface area contributed by atoms with Crippen LogP contribution in [0, 0.1) is 0 Å². The predicted octanol–water partition coefficient (Wildman–Crippen LogP) is -0.830. The molecule has 0 aromatic carbocycles. The van der Waals surface area contributed by atoms with E-state index in [2.05, 4.69) is 18.5 Å². The van der Waals surface area contributed by atoms with Crippen LogP contribution in [0.4, 0.5) is 4.79 Å². The average molecular weight is 365 g/mol. The van der Waals surface area contributed by atoms with E-state index in [1.165, 1.54) is 12.2 Å². The highest BCUT2D eigenvalue weighted by molar-refractivity contribution is 5.94. The second kappa shape index (κ2) is 9.97.